The molecule has 7 nitrogen and oxygen atoms in total. The molecule has 0 unspecified atom stereocenters. The summed E-state index contributed by atoms with van der Waals surface area (Å²) in [6, 6.07) is 5.59. The van der Waals surface area contributed by atoms with Crippen LogP contribution in [0.3, 0.4) is 0 Å². The lowest BCUT2D eigenvalue weighted by Crippen LogP contribution is -2.50. The van der Waals surface area contributed by atoms with E-state index in [4.69, 9.17) is 0 Å². The van der Waals surface area contributed by atoms with E-state index >= 15 is 0 Å². The zero-order chi connectivity index (χ0) is 19.2. The highest BCUT2D eigenvalue weighted by molar-refractivity contribution is 7.15. The second kappa shape index (κ2) is 9.05. The average molecular weight is 388 g/mol. The Bertz CT molecular complexity index is 785. The summed E-state index contributed by atoms with van der Waals surface area (Å²) in [4.78, 5) is 38.4. The third-order valence-corrected chi connectivity index (χ3v) is 5.55. The molecule has 0 saturated carbocycles. The average Bonchev–Trinajstić information content (AvgIpc) is 3.02. The lowest BCUT2D eigenvalue weighted by molar-refractivity contribution is -0.132. The van der Waals surface area contributed by atoms with Crippen molar-refractivity contribution in [2.75, 3.05) is 38.0 Å². The van der Waals surface area contributed by atoms with E-state index in [-0.39, 0.29) is 11.8 Å². The van der Waals surface area contributed by atoms with E-state index in [2.05, 4.69) is 27.1 Å². The Hall–Kier alpha value is -2.32. The third-order valence-electron chi connectivity index (χ3n) is 4.62. The van der Waals surface area contributed by atoms with E-state index in [1.165, 1.54) is 11.3 Å². The number of nitrogens with zero attached hydrogens (tertiary/aromatic N) is 4. The molecule has 1 aliphatic heterocycles. The first kappa shape index (κ1) is 19.4. The molecule has 3 heterocycles. The molecule has 2 aromatic heterocycles. The lowest BCUT2D eigenvalue weighted by Gasteiger charge is -2.34. The zero-order valence-electron chi connectivity index (χ0n) is 15.8. The minimum Gasteiger partial charge on any atom is -0.340 e. The van der Waals surface area contributed by atoms with Gasteiger partial charge < -0.3 is 10.2 Å². The third kappa shape index (κ3) is 5.33. The van der Waals surface area contributed by atoms with Gasteiger partial charge in [-0.25, -0.2) is 4.98 Å². The van der Waals surface area contributed by atoms with Gasteiger partial charge in [-0.2, -0.15) is 0 Å². The number of anilines is 1. The van der Waals surface area contributed by atoms with E-state index in [0.29, 0.717) is 44.3 Å². The molecule has 0 aliphatic carbocycles. The van der Waals surface area contributed by atoms with Crippen molar-refractivity contribution < 1.29 is 9.59 Å². The second-order valence-corrected chi connectivity index (χ2v) is 7.78. The molecule has 0 atom stereocenters. The molecule has 2 amide bonds. The summed E-state index contributed by atoms with van der Waals surface area (Å²) in [5.41, 5.74) is 1.82. The molecule has 27 heavy (non-hydrogen) atoms. The number of amides is 2. The van der Waals surface area contributed by atoms with Crippen molar-refractivity contribution >= 4 is 28.3 Å². The maximum absolute atomic E-state index is 12.4. The van der Waals surface area contributed by atoms with Crippen LogP contribution < -0.4 is 5.32 Å². The second-order valence-electron chi connectivity index (χ2n) is 6.58. The van der Waals surface area contributed by atoms with Gasteiger partial charge in [0.25, 0.3) is 0 Å². The van der Waals surface area contributed by atoms with Crippen molar-refractivity contribution in [3.05, 3.63) is 40.7 Å². The molecule has 0 spiro atoms. The quantitative estimate of drug-likeness (QED) is 0.817. The molecular formula is C19H25N5O2S. The molecule has 2 aromatic rings. The molecule has 0 radical (unpaired) electrons. The summed E-state index contributed by atoms with van der Waals surface area (Å²) in [5.74, 6) is 0.0304. The van der Waals surface area contributed by atoms with Crippen LogP contribution in [0.1, 0.15) is 23.2 Å². The fraction of sp³-hybridized carbons (Fsp3) is 0.474. The molecule has 1 N–H and O–H groups in total. The highest BCUT2D eigenvalue weighted by Gasteiger charge is 2.23. The number of aromatic nitrogens is 2. The van der Waals surface area contributed by atoms with Gasteiger partial charge in [0.1, 0.15) is 0 Å². The van der Waals surface area contributed by atoms with Crippen LogP contribution in [0.5, 0.6) is 0 Å². The van der Waals surface area contributed by atoms with Crippen LogP contribution in [-0.2, 0) is 22.4 Å². The summed E-state index contributed by atoms with van der Waals surface area (Å²) < 4.78 is 0. The minimum absolute atomic E-state index is 0.0559. The highest BCUT2D eigenvalue weighted by Crippen LogP contribution is 2.22. The van der Waals surface area contributed by atoms with E-state index < -0.39 is 0 Å². The molecule has 1 aliphatic rings. The van der Waals surface area contributed by atoms with Crippen LogP contribution in [0, 0.1) is 6.92 Å². The van der Waals surface area contributed by atoms with Gasteiger partial charge >= 0.3 is 0 Å². The van der Waals surface area contributed by atoms with E-state index in [0.717, 1.165) is 22.7 Å². The van der Waals surface area contributed by atoms with Crippen molar-refractivity contribution in [3.63, 3.8) is 0 Å². The molecule has 0 bridgehead atoms. The fourth-order valence-electron chi connectivity index (χ4n) is 3.10. The van der Waals surface area contributed by atoms with E-state index in [1.807, 2.05) is 30.0 Å². The van der Waals surface area contributed by atoms with Crippen molar-refractivity contribution in [2.24, 2.45) is 0 Å². The number of hydrogen-bond acceptors (Lipinski definition) is 6. The predicted octanol–water partition coefficient (Wildman–Crippen LogP) is 1.73. The van der Waals surface area contributed by atoms with Gasteiger partial charge in [-0.3, -0.25) is 19.5 Å². The standard InChI is InChI=1S/C19H25N5O2S/c1-3-16-14(2)27-19(21-16)22-17(25)13-23-8-10-24(11-9-23)18(26)12-15-6-4-5-7-20-15/h4-7H,3,8-13H2,1-2H3,(H,21,22,25). The molecule has 1 saturated heterocycles. The van der Waals surface area contributed by atoms with Crippen LogP contribution >= 0.6 is 11.3 Å². The Morgan fingerprint density at radius 1 is 1.22 bits per heavy atom. The first-order chi connectivity index (χ1) is 13.0. The summed E-state index contributed by atoms with van der Waals surface area (Å²) in [6.07, 6.45) is 2.89. The molecule has 144 valence electrons. The van der Waals surface area contributed by atoms with Crippen molar-refractivity contribution in [2.45, 2.75) is 26.7 Å². The van der Waals surface area contributed by atoms with Crippen molar-refractivity contribution in [1.29, 1.82) is 0 Å². The first-order valence-electron chi connectivity index (χ1n) is 9.21. The van der Waals surface area contributed by atoms with Gasteiger partial charge in [-0.05, 0) is 25.5 Å². The molecule has 1 fully saturated rings. The van der Waals surface area contributed by atoms with Gasteiger partial charge in [0.15, 0.2) is 5.13 Å². The number of piperazine rings is 1. The maximum atomic E-state index is 12.4. The smallest absolute Gasteiger partial charge is 0.240 e. The van der Waals surface area contributed by atoms with Crippen molar-refractivity contribution in [3.8, 4) is 0 Å². The largest absolute Gasteiger partial charge is 0.340 e. The summed E-state index contributed by atoms with van der Waals surface area (Å²) in [6.45, 7) is 7.06. The summed E-state index contributed by atoms with van der Waals surface area (Å²) in [7, 11) is 0. The van der Waals surface area contributed by atoms with E-state index in [1.54, 1.807) is 6.20 Å². The topological polar surface area (TPSA) is 78.4 Å². The number of thiazole rings is 1. The summed E-state index contributed by atoms with van der Waals surface area (Å²) in [5, 5.41) is 3.55. The number of hydrogen-bond donors (Lipinski definition) is 1. The van der Waals surface area contributed by atoms with E-state index in [9.17, 15) is 9.59 Å². The normalized spacial score (nSPS) is 15.0. The monoisotopic (exact) mass is 387 g/mol. The summed E-state index contributed by atoms with van der Waals surface area (Å²) >= 11 is 1.51. The van der Waals surface area contributed by atoms with Crippen LogP contribution in [-0.4, -0.2) is 64.3 Å². The fourth-order valence-corrected chi connectivity index (χ4v) is 4.01. The first-order valence-corrected chi connectivity index (χ1v) is 10.0. The minimum atomic E-state index is -0.0559. The number of pyridine rings is 1. The number of carbonyl (C=O) groups excluding carboxylic acids is 2. The zero-order valence-corrected chi connectivity index (χ0v) is 16.6. The Morgan fingerprint density at radius 2 is 2.00 bits per heavy atom. The Balaban J connectivity index is 1.43. The predicted molar refractivity (Wildman–Crippen MR) is 106 cm³/mol. The van der Waals surface area contributed by atoms with Gasteiger partial charge in [0.05, 0.1) is 18.7 Å². The number of carbonyl (C=O) groups is 2. The van der Waals surface area contributed by atoms with Crippen LogP contribution in [0.15, 0.2) is 24.4 Å². The Labute approximate surface area is 163 Å². The SMILES string of the molecule is CCc1nc(NC(=O)CN2CCN(C(=O)Cc3ccccn3)CC2)sc1C. The molecule has 0 aromatic carbocycles. The molecular weight excluding hydrogens is 362 g/mol. The van der Waals surface area contributed by atoms with Gasteiger partial charge in [-0.1, -0.05) is 13.0 Å². The van der Waals surface area contributed by atoms with Gasteiger partial charge in [0.2, 0.25) is 11.8 Å². The molecule has 3 rings (SSSR count). The van der Waals surface area contributed by atoms with Gasteiger partial charge in [0, 0.05) is 42.9 Å². The Morgan fingerprint density at radius 3 is 2.63 bits per heavy atom. The molecule has 8 heteroatoms. The van der Waals surface area contributed by atoms with Gasteiger partial charge in [-0.15, -0.1) is 11.3 Å². The van der Waals surface area contributed by atoms with Crippen LogP contribution in [0.4, 0.5) is 5.13 Å². The maximum Gasteiger partial charge on any atom is 0.240 e. The number of nitrogens with one attached hydrogen (secondary N) is 1. The Kier molecular flexibility index (Phi) is 6.52. The lowest BCUT2D eigenvalue weighted by atomic mass is 10.2. The van der Waals surface area contributed by atoms with Crippen molar-refractivity contribution in [1.82, 2.24) is 19.8 Å². The number of rotatable bonds is 6. The number of aryl methyl sites for hydroxylation is 2. The van der Waals surface area contributed by atoms with Crippen LogP contribution in [0.25, 0.3) is 0 Å². The van der Waals surface area contributed by atoms with Crippen LogP contribution in [0.2, 0.25) is 0 Å². The highest BCUT2D eigenvalue weighted by atomic mass is 32.1.